The Labute approximate surface area is 68.7 Å². The second kappa shape index (κ2) is 7.29. The SMILES string of the molecule is [CH2]CC(O)C=CC=CC=CC. The van der Waals surface area contributed by atoms with E-state index in [-0.39, 0.29) is 0 Å². The zero-order valence-corrected chi connectivity index (χ0v) is 6.90. The number of hydrogen-bond donors (Lipinski definition) is 1. The third-order valence-electron chi connectivity index (χ3n) is 1.15. The van der Waals surface area contributed by atoms with Crippen LogP contribution in [0.2, 0.25) is 0 Å². The van der Waals surface area contributed by atoms with Crippen molar-refractivity contribution in [2.24, 2.45) is 0 Å². The van der Waals surface area contributed by atoms with Crippen LogP contribution in [0.15, 0.2) is 36.5 Å². The van der Waals surface area contributed by atoms with E-state index in [2.05, 4.69) is 6.92 Å². The quantitative estimate of drug-likeness (QED) is 0.611. The molecule has 0 aromatic rings. The Morgan fingerprint density at radius 3 is 2.45 bits per heavy atom. The van der Waals surface area contributed by atoms with Gasteiger partial charge in [0.1, 0.15) is 0 Å². The Balaban J connectivity index is 3.58. The Morgan fingerprint density at radius 1 is 1.27 bits per heavy atom. The molecule has 0 fully saturated rings. The molecule has 1 unspecified atom stereocenters. The highest BCUT2D eigenvalue weighted by Gasteiger charge is 1.88. The van der Waals surface area contributed by atoms with Crippen molar-refractivity contribution >= 4 is 0 Å². The summed E-state index contributed by atoms with van der Waals surface area (Å²) in [6, 6.07) is 0. The molecule has 0 aromatic heterocycles. The Morgan fingerprint density at radius 2 is 1.91 bits per heavy atom. The molecule has 0 saturated carbocycles. The van der Waals surface area contributed by atoms with Gasteiger partial charge in [-0.15, -0.1) is 0 Å². The minimum absolute atomic E-state index is 0.412. The van der Waals surface area contributed by atoms with Gasteiger partial charge >= 0.3 is 0 Å². The average Bonchev–Trinajstić information content (AvgIpc) is 2.04. The number of aliphatic hydroxyl groups is 1. The van der Waals surface area contributed by atoms with Gasteiger partial charge in [-0.05, 0) is 13.3 Å². The Hall–Kier alpha value is -0.820. The molecule has 1 heteroatoms. The molecule has 0 aliphatic carbocycles. The van der Waals surface area contributed by atoms with E-state index in [4.69, 9.17) is 5.11 Å². The van der Waals surface area contributed by atoms with Gasteiger partial charge in [0.15, 0.2) is 0 Å². The summed E-state index contributed by atoms with van der Waals surface area (Å²) in [7, 11) is 0. The average molecular weight is 151 g/mol. The summed E-state index contributed by atoms with van der Waals surface area (Å²) in [5.41, 5.74) is 0. The first-order valence-corrected chi connectivity index (χ1v) is 3.74. The Bertz CT molecular complexity index is 154. The minimum Gasteiger partial charge on any atom is -0.389 e. The minimum atomic E-state index is -0.412. The molecular weight excluding hydrogens is 136 g/mol. The maximum Gasteiger partial charge on any atom is 0.0723 e. The number of aliphatic hydroxyl groups excluding tert-OH is 1. The van der Waals surface area contributed by atoms with E-state index < -0.39 is 6.10 Å². The second-order valence-electron chi connectivity index (χ2n) is 2.15. The summed E-state index contributed by atoms with van der Waals surface area (Å²) in [6.07, 6.45) is 11.3. The smallest absolute Gasteiger partial charge is 0.0723 e. The molecule has 0 spiro atoms. The summed E-state index contributed by atoms with van der Waals surface area (Å²) >= 11 is 0. The van der Waals surface area contributed by atoms with Crippen LogP contribution in [0.5, 0.6) is 0 Å². The maximum absolute atomic E-state index is 9.01. The highest BCUT2D eigenvalue weighted by Crippen LogP contribution is 1.91. The maximum atomic E-state index is 9.01. The van der Waals surface area contributed by atoms with Gasteiger partial charge in [0.25, 0.3) is 0 Å². The lowest BCUT2D eigenvalue weighted by atomic mass is 10.2. The third kappa shape index (κ3) is 7.07. The fourth-order valence-electron chi connectivity index (χ4n) is 0.528. The van der Waals surface area contributed by atoms with Crippen molar-refractivity contribution in [3.8, 4) is 0 Å². The lowest BCUT2D eigenvalue weighted by Crippen LogP contribution is -1.97. The molecule has 61 valence electrons. The summed E-state index contributed by atoms with van der Waals surface area (Å²) in [5.74, 6) is 0. The van der Waals surface area contributed by atoms with Crippen LogP contribution >= 0.6 is 0 Å². The highest BCUT2D eigenvalue weighted by molar-refractivity contribution is 5.11. The van der Waals surface area contributed by atoms with Crippen LogP contribution in [0.25, 0.3) is 0 Å². The summed E-state index contributed by atoms with van der Waals surface area (Å²) < 4.78 is 0. The number of hydrogen-bond acceptors (Lipinski definition) is 1. The summed E-state index contributed by atoms with van der Waals surface area (Å²) in [5, 5.41) is 9.01. The predicted molar refractivity (Wildman–Crippen MR) is 49.1 cm³/mol. The monoisotopic (exact) mass is 151 g/mol. The van der Waals surface area contributed by atoms with Gasteiger partial charge in [-0.3, -0.25) is 0 Å². The van der Waals surface area contributed by atoms with Crippen molar-refractivity contribution < 1.29 is 5.11 Å². The van der Waals surface area contributed by atoms with Crippen molar-refractivity contribution in [1.82, 2.24) is 0 Å². The fourth-order valence-corrected chi connectivity index (χ4v) is 0.528. The first kappa shape index (κ1) is 10.2. The number of rotatable bonds is 4. The lowest BCUT2D eigenvalue weighted by Gasteiger charge is -1.95. The molecule has 0 aliphatic heterocycles. The Kier molecular flexibility index (Phi) is 6.75. The van der Waals surface area contributed by atoms with Gasteiger partial charge in [0.2, 0.25) is 0 Å². The fraction of sp³-hybridized carbons (Fsp3) is 0.300. The molecule has 0 aromatic carbocycles. The summed E-state index contributed by atoms with van der Waals surface area (Å²) in [6.45, 7) is 5.52. The van der Waals surface area contributed by atoms with Crippen LogP contribution in [-0.2, 0) is 0 Å². The zero-order chi connectivity index (χ0) is 8.53. The van der Waals surface area contributed by atoms with Gasteiger partial charge in [-0.2, -0.15) is 0 Å². The number of allylic oxidation sites excluding steroid dienone is 5. The summed E-state index contributed by atoms with van der Waals surface area (Å²) in [4.78, 5) is 0. The van der Waals surface area contributed by atoms with Gasteiger partial charge in [0, 0.05) is 0 Å². The van der Waals surface area contributed by atoms with Crippen molar-refractivity contribution in [2.75, 3.05) is 0 Å². The van der Waals surface area contributed by atoms with E-state index in [9.17, 15) is 0 Å². The highest BCUT2D eigenvalue weighted by atomic mass is 16.3. The van der Waals surface area contributed by atoms with Crippen molar-refractivity contribution in [3.63, 3.8) is 0 Å². The van der Waals surface area contributed by atoms with Gasteiger partial charge < -0.3 is 5.11 Å². The first-order valence-electron chi connectivity index (χ1n) is 3.74. The molecule has 0 bridgehead atoms. The van der Waals surface area contributed by atoms with E-state index in [1.54, 1.807) is 6.08 Å². The van der Waals surface area contributed by atoms with Crippen molar-refractivity contribution in [3.05, 3.63) is 43.4 Å². The second-order valence-corrected chi connectivity index (χ2v) is 2.15. The molecule has 0 heterocycles. The molecule has 1 radical (unpaired) electrons. The van der Waals surface area contributed by atoms with E-state index in [1.165, 1.54) is 0 Å². The molecule has 0 rings (SSSR count). The molecule has 11 heavy (non-hydrogen) atoms. The van der Waals surface area contributed by atoms with Crippen LogP contribution in [-0.4, -0.2) is 11.2 Å². The largest absolute Gasteiger partial charge is 0.389 e. The van der Waals surface area contributed by atoms with Crippen LogP contribution in [0.4, 0.5) is 0 Å². The lowest BCUT2D eigenvalue weighted by molar-refractivity contribution is 0.226. The van der Waals surface area contributed by atoms with E-state index in [0.717, 1.165) is 0 Å². The topological polar surface area (TPSA) is 20.2 Å². The van der Waals surface area contributed by atoms with Crippen molar-refractivity contribution in [2.45, 2.75) is 19.4 Å². The molecule has 1 nitrogen and oxygen atoms in total. The standard InChI is InChI=1S/C10H15O/c1-3-5-6-7-8-9-10(11)4-2/h3,5-11H,2,4H2,1H3. The zero-order valence-electron chi connectivity index (χ0n) is 6.90. The predicted octanol–water partition coefficient (Wildman–Crippen LogP) is 2.26. The van der Waals surface area contributed by atoms with Gasteiger partial charge in [-0.25, -0.2) is 0 Å². The van der Waals surface area contributed by atoms with Gasteiger partial charge in [-0.1, -0.05) is 43.4 Å². The first-order chi connectivity index (χ1) is 5.31. The van der Waals surface area contributed by atoms with E-state index in [0.29, 0.717) is 6.42 Å². The molecule has 0 aliphatic rings. The normalized spacial score (nSPS) is 15.5. The third-order valence-corrected chi connectivity index (χ3v) is 1.15. The van der Waals surface area contributed by atoms with E-state index >= 15 is 0 Å². The molecule has 0 saturated heterocycles. The van der Waals surface area contributed by atoms with E-state index in [1.807, 2.05) is 37.3 Å². The molecule has 1 N–H and O–H groups in total. The molecular formula is C10H15O. The molecule has 0 amide bonds. The van der Waals surface area contributed by atoms with Crippen LogP contribution in [0.3, 0.4) is 0 Å². The molecule has 1 atom stereocenters. The van der Waals surface area contributed by atoms with Gasteiger partial charge in [0.05, 0.1) is 6.10 Å². The van der Waals surface area contributed by atoms with Crippen LogP contribution in [0, 0.1) is 6.92 Å². The van der Waals surface area contributed by atoms with Crippen molar-refractivity contribution in [1.29, 1.82) is 0 Å². The van der Waals surface area contributed by atoms with Crippen LogP contribution in [0.1, 0.15) is 13.3 Å². The van der Waals surface area contributed by atoms with Crippen LogP contribution < -0.4 is 0 Å².